The Morgan fingerprint density at radius 3 is 2.47 bits per heavy atom. The van der Waals surface area contributed by atoms with Gasteiger partial charge in [-0.25, -0.2) is 4.39 Å². The fourth-order valence-corrected chi connectivity index (χ4v) is 2.30. The zero-order chi connectivity index (χ0) is 14.0. The van der Waals surface area contributed by atoms with Gasteiger partial charge in [-0.1, -0.05) is 26.0 Å². The smallest absolute Gasteiger partial charge is 0.171 e. The highest BCUT2D eigenvalue weighted by molar-refractivity contribution is 7.80. The molecule has 2 N–H and O–H groups in total. The molecule has 1 aromatic carbocycles. The first-order valence-corrected chi connectivity index (χ1v) is 6.41. The van der Waals surface area contributed by atoms with Gasteiger partial charge in [0.1, 0.15) is 5.82 Å². The van der Waals surface area contributed by atoms with Crippen molar-refractivity contribution in [3.05, 3.63) is 46.9 Å². The lowest BCUT2D eigenvalue weighted by atomic mass is 9.92. The molecular weight excluding hydrogens is 261 g/mol. The fourth-order valence-electron chi connectivity index (χ4n) is 2.07. The summed E-state index contributed by atoms with van der Waals surface area (Å²) in [5.74, 6) is -0.135. The maximum atomic E-state index is 13.0. The van der Waals surface area contributed by atoms with E-state index in [0.29, 0.717) is 10.7 Å². The second kappa shape index (κ2) is 5.37. The highest BCUT2D eigenvalue weighted by Gasteiger charge is 2.27. The molecule has 0 saturated carbocycles. The van der Waals surface area contributed by atoms with E-state index in [1.807, 2.05) is 13.8 Å². The van der Waals surface area contributed by atoms with E-state index in [4.69, 9.17) is 12.2 Å². The van der Waals surface area contributed by atoms with Gasteiger partial charge in [-0.05, 0) is 35.8 Å². The minimum atomic E-state index is -0.322. The lowest BCUT2D eigenvalue weighted by Crippen LogP contribution is -2.44. The number of nitriles is 1. The van der Waals surface area contributed by atoms with Gasteiger partial charge in [-0.15, -0.1) is 0 Å². The Hall–Kier alpha value is -1.93. The van der Waals surface area contributed by atoms with Crippen LogP contribution in [0, 0.1) is 23.1 Å². The number of benzene rings is 1. The molecule has 0 aromatic heterocycles. The number of rotatable bonds is 2. The van der Waals surface area contributed by atoms with E-state index >= 15 is 0 Å². The van der Waals surface area contributed by atoms with E-state index in [1.54, 1.807) is 12.1 Å². The van der Waals surface area contributed by atoms with Gasteiger partial charge in [0.25, 0.3) is 0 Å². The van der Waals surface area contributed by atoms with E-state index in [2.05, 4.69) is 16.7 Å². The SMILES string of the molecule is CC(C)C1=C(C#N)C(c2ccc(F)cc2)NC(=S)N1. The lowest BCUT2D eigenvalue weighted by molar-refractivity contribution is 0.618. The fraction of sp³-hybridized carbons (Fsp3) is 0.286. The number of hydrogen-bond donors (Lipinski definition) is 2. The zero-order valence-electron chi connectivity index (χ0n) is 10.7. The monoisotopic (exact) mass is 275 g/mol. The molecule has 98 valence electrons. The van der Waals surface area contributed by atoms with Crippen LogP contribution in [0.2, 0.25) is 0 Å². The molecule has 1 atom stereocenters. The molecule has 5 heteroatoms. The first-order chi connectivity index (χ1) is 9.02. The Bertz CT molecular complexity index is 569. The van der Waals surface area contributed by atoms with Crippen molar-refractivity contribution in [3.8, 4) is 6.07 Å². The number of hydrogen-bond acceptors (Lipinski definition) is 2. The normalized spacial score (nSPS) is 18.9. The summed E-state index contributed by atoms with van der Waals surface area (Å²) in [4.78, 5) is 0. The lowest BCUT2D eigenvalue weighted by Gasteiger charge is -2.30. The van der Waals surface area contributed by atoms with Gasteiger partial charge in [-0.2, -0.15) is 5.26 Å². The van der Waals surface area contributed by atoms with Gasteiger partial charge >= 0.3 is 0 Å². The van der Waals surface area contributed by atoms with Crippen molar-refractivity contribution in [1.29, 1.82) is 5.26 Å². The van der Waals surface area contributed by atoms with Gasteiger partial charge in [0, 0.05) is 5.70 Å². The van der Waals surface area contributed by atoms with Gasteiger partial charge in [-0.3, -0.25) is 0 Å². The van der Waals surface area contributed by atoms with E-state index in [1.165, 1.54) is 12.1 Å². The van der Waals surface area contributed by atoms with Crippen LogP contribution in [0.3, 0.4) is 0 Å². The Morgan fingerprint density at radius 1 is 1.32 bits per heavy atom. The first kappa shape index (κ1) is 13.5. The van der Waals surface area contributed by atoms with Crippen molar-refractivity contribution in [2.45, 2.75) is 19.9 Å². The number of thiocarbonyl (C=S) groups is 1. The summed E-state index contributed by atoms with van der Waals surface area (Å²) in [6, 6.07) is 7.99. The summed E-state index contributed by atoms with van der Waals surface area (Å²) in [7, 11) is 0. The predicted octanol–water partition coefficient (Wildman–Crippen LogP) is 2.78. The zero-order valence-corrected chi connectivity index (χ0v) is 11.5. The van der Waals surface area contributed by atoms with Crippen LogP contribution in [0.5, 0.6) is 0 Å². The molecule has 1 unspecified atom stereocenters. The largest absolute Gasteiger partial charge is 0.351 e. The Morgan fingerprint density at radius 2 is 1.95 bits per heavy atom. The van der Waals surface area contributed by atoms with Crippen molar-refractivity contribution in [2.75, 3.05) is 0 Å². The molecule has 0 radical (unpaired) electrons. The molecule has 0 fully saturated rings. The second-order valence-electron chi connectivity index (χ2n) is 4.68. The number of nitrogens with zero attached hydrogens (tertiary/aromatic N) is 1. The summed E-state index contributed by atoms with van der Waals surface area (Å²) in [6.07, 6.45) is 0. The highest BCUT2D eigenvalue weighted by Crippen LogP contribution is 2.28. The third-order valence-corrected chi connectivity index (χ3v) is 3.22. The standard InChI is InChI=1S/C14H14FN3S/c1-8(2)12-11(7-16)13(18-14(19)17-12)9-3-5-10(15)6-4-9/h3-6,8,13H,1-2H3,(H2,17,18,19). The summed E-state index contributed by atoms with van der Waals surface area (Å²) < 4.78 is 13.0. The van der Waals surface area contributed by atoms with Crippen LogP contribution >= 0.6 is 12.2 Å². The molecule has 0 bridgehead atoms. The Balaban J connectivity index is 2.48. The van der Waals surface area contributed by atoms with E-state index in [9.17, 15) is 9.65 Å². The molecule has 3 nitrogen and oxygen atoms in total. The van der Waals surface area contributed by atoms with Crippen LogP contribution in [0.1, 0.15) is 25.5 Å². The topological polar surface area (TPSA) is 47.9 Å². The molecule has 2 rings (SSSR count). The molecule has 1 aliphatic heterocycles. The van der Waals surface area contributed by atoms with Crippen molar-refractivity contribution in [1.82, 2.24) is 10.6 Å². The number of allylic oxidation sites excluding steroid dienone is 1. The average molecular weight is 275 g/mol. The third-order valence-electron chi connectivity index (χ3n) is 3.00. The quantitative estimate of drug-likeness (QED) is 0.815. The number of nitrogens with one attached hydrogen (secondary N) is 2. The molecular formula is C14H14FN3S. The van der Waals surface area contributed by atoms with Gasteiger partial charge in [0.15, 0.2) is 5.11 Å². The summed E-state index contributed by atoms with van der Waals surface area (Å²) in [6.45, 7) is 3.99. The van der Waals surface area contributed by atoms with Crippen LogP contribution in [-0.4, -0.2) is 5.11 Å². The Kier molecular flexibility index (Phi) is 3.82. The maximum Gasteiger partial charge on any atom is 0.171 e. The second-order valence-corrected chi connectivity index (χ2v) is 5.09. The third kappa shape index (κ3) is 2.74. The minimum Gasteiger partial charge on any atom is -0.351 e. The molecule has 0 aliphatic carbocycles. The average Bonchev–Trinajstić information content (AvgIpc) is 2.38. The van der Waals surface area contributed by atoms with Crippen LogP contribution in [0.15, 0.2) is 35.5 Å². The van der Waals surface area contributed by atoms with Crippen LogP contribution < -0.4 is 10.6 Å². The maximum absolute atomic E-state index is 13.0. The molecule has 19 heavy (non-hydrogen) atoms. The van der Waals surface area contributed by atoms with Crippen LogP contribution in [-0.2, 0) is 0 Å². The van der Waals surface area contributed by atoms with Gasteiger partial charge in [0.05, 0.1) is 17.7 Å². The molecule has 1 aliphatic rings. The minimum absolute atomic E-state index is 0.164. The molecule has 0 amide bonds. The molecule has 0 saturated heterocycles. The van der Waals surface area contributed by atoms with Crippen LogP contribution in [0.25, 0.3) is 0 Å². The molecule has 0 spiro atoms. The van der Waals surface area contributed by atoms with Gasteiger partial charge < -0.3 is 10.6 Å². The summed E-state index contributed by atoms with van der Waals surface area (Å²) in [5, 5.41) is 15.9. The van der Waals surface area contributed by atoms with Crippen molar-refractivity contribution >= 4 is 17.3 Å². The van der Waals surface area contributed by atoms with E-state index < -0.39 is 0 Å². The Labute approximate surface area is 117 Å². The van der Waals surface area contributed by atoms with Crippen molar-refractivity contribution < 1.29 is 4.39 Å². The molecule has 1 heterocycles. The number of halogens is 1. The van der Waals surface area contributed by atoms with Crippen LogP contribution in [0.4, 0.5) is 4.39 Å². The predicted molar refractivity (Wildman–Crippen MR) is 75.5 cm³/mol. The summed E-state index contributed by atoms with van der Waals surface area (Å²) in [5.41, 5.74) is 2.23. The van der Waals surface area contributed by atoms with Crippen molar-refractivity contribution in [3.63, 3.8) is 0 Å². The first-order valence-electron chi connectivity index (χ1n) is 6.00. The summed E-state index contributed by atoms with van der Waals surface area (Å²) >= 11 is 5.17. The molecule has 1 aromatic rings. The van der Waals surface area contributed by atoms with E-state index in [-0.39, 0.29) is 17.8 Å². The van der Waals surface area contributed by atoms with Crippen molar-refractivity contribution in [2.24, 2.45) is 5.92 Å². The van der Waals surface area contributed by atoms with E-state index in [0.717, 1.165) is 11.3 Å². The highest BCUT2D eigenvalue weighted by atomic mass is 32.1. The van der Waals surface area contributed by atoms with Gasteiger partial charge in [0.2, 0.25) is 0 Å².